The van der Waals surface area contributed by atoms with Gasteiger partial charge in [0, 0.05) is 42.0 Å². The zero-order valence-electron chi connectivity index (χ0n) is 14.8. The second-order valence-electron chi connectivity index (χ2n) is 7.07. The Morgan fingerprint density at radius 3 is 2.69 bits per heavy atom. The first kappa shape index (κ1) is 16.9. The molecule has 1 aliphatic heterocycles. The van der Waals surface area contributed by atoms with Crippen LogP contribution < -0.4 is 10.2 Å². The zero-order chi connectivity index (χ0) is 17.9. The minimum Gasteiger partial charge on any atom is -0.396 e. The van der Waals surface area contributed by atoms with Crippen LogP contribution in [0.15, 0.2) is 60.7 Å². The third kappa shape index (κ3) is 3.37. The number of hydrogen-bond donors (Lipinski definition) is 2. The second kappa shape index (κ2) is 7.34. The smallest absolute Gasteiger partial charge is 0.251 e. The molecule has 4 rings (SSSR count). The molecule has 4 nitrogen and oxygen atoms in total. The van der Waals surface area contributed by atoms with Crippen LogP contribution in [0.1, 0.15) is 28.8 Å². The lowest BCUT2D eigenvalue weighted by atomic mass is 10.0. The summed E-state index contributed by atoms with van der Waals surface area (Å²) in [6.07, 6.45) is 6.97. The summed E-state index contributed by atoms with van der Waals surface area (Å²) >= 11 is 0. The number of carbonyl (C=O) groups excluding carboxylic acids is 1. The molecule has 0 radical (unpaired) electrons. The molecule has 0 saturated heterocycles. The molecule has 1 aliphatic carbocycles. The lowest BCUT2D eigenvalue weighted by Crippen LogP contribution is -2.33. The molecule has 2 aromatic carbocycles. The predicted molar refractivity (Wildman–Crippen MR) is 104 cm³/mol. The van der Waals surface area contributed by atoms with E-state index in [0.29, 0.717) is 5.56 Å². The Hall–Kier alpha value is -2.59. The van der Waals surface area contributed by atoms with Crippen molar-refractivity contribution in [3.8, 4) is 0 Å². The van der Waals surface area contributed by atoms with Gasteiger partial charge in [0.1, 0.15) is 0 Å². The van der Waals surface area contributed by atoms with E-state index in [1.54, 1.807) is 0 Å². The number of benzene rings is 2. The zero-order valence-corrected chi connectivity index (χ0v) is 14.8. The van der Waals surface area contributed by atoms with Gasteiger partial charge in [-0.15, -0.1) is 0 Å². The Kier molecular flexibility index (Phi) is 4.76. The van der Waals surface area contributed by atoms with Crippen LogP contribution in [-0.4, -0.2) is 30.2 Å². The number of para-hydroxylation sites is 1. The fourth-order valence-corrected chi connectivity index (χ4v) is 3.86. The number of hydrogen-bond acceptors (Lipinski definition) is 3. The maximum Gasteiger partial charge on any atom is 0.251 e. The summed E-state index contributed by atoms with van der Waals surface area (Å²) in [5.41, 5.74) is 4.43. The van der Waals surface area contributed by atoms with Gasteiger partial charge in [-0.05, 0) is 55.2 Å². The van der Waals surface area contributed by atoms with Crippen LogP contribution in [0.4, 0.5) is 11.4 Å². The number of aliphatic hydroxyl groups is 1. The molecule has 0 unspecified atom stereocenters. The lowest BCUT2D eigenvalue weighted by molar-refractivity contribution is 0.0941. The molecule has 0 aromatic heterocycles. The number of nitrogens with one attached hydrogen (secondary N) is 1. The predicted octanol–water partition coefficient (Wildman–Crippen LogP) is 3.44. The van der Waals surface area contributed by atoms with E-state index in [1.807, 2.05) is 36.4 Å². The van der Waals surface area contributed by atoms with Crippen LogP contribution in [0, 0.1) is 5.92 Å². The van der Waals surface area contributed by atoms with Crippen LogP contribution in [0.5, 0.6) is 0 Å². The van der Waals surface area contributed by atoms with Gasteiger partial charge >= 0.3 is 0 Å². The highest BCUT2D eigenvalue weighted by molar-refractivity contribution is 5.95. The van der Waals surface area contributed by atoms with E-state index in [0.717, 1.165) is 31.5 Å². The number of anilines is 2. The van der Waals surface area contributed by atoms with Crippen molar-refractivity contribution in [3.05, 3.63) is 71.8 Å². The first-order valence-electron chi connectivity index (χ1n) is 9.30. The largest absolute Gasteiger partial charge is 0.396 e. The Morgan fingerprint density at radius 2 is 1.92 bits per heavy atom. The van der Waals surface area contributed by atoms with Crippen molar-refractivity contribution in [1.29, 1.82) is 0 Å². The molecule has 2 aliphatic rings. The first-order chi connectivity index (χ1) is 12.7. The summed E-state index contributed by atoms with van der Waals surface area (Å²) in [6, 6.07) is 16.4. The van der Waals surface area contributed by atoms with E-state index in [1.165, 1.54) is 11.3 Å². The topological polar surface area (TPSA) is 52.6 Å². The number of rotatable bonds is 4. The van der Waals surface area contributed by atoms with Crippen LogP contribution in [0.25, 0.3) is 0 Å². The number of nitrogens with zero attached hydrogens (tertiary/aromatic N) is 1. The van der Waals surface area contributed by atoms with Crippen molar-refractivity contribution in [3.63, 3.8) is 0 Å². The lowest BCUT2D eigenvalue weighted by Gasteiger charge is -2.31. The molecule has 0 fully saturated rings. The fourth-order valence-electron chi connectivity index (χ4n) is 3.86. The highest BCUT2D eigenvalue weighted by Crippen LogP contribution is 2.33. The molecular formula is C22H24N2O2. The number of carbonyl (C=O) groups is 1. The van der Waals surface area contributed by atoms with Gasteiger partial charge in [-0.3, -0.25) is 4.79 Å². The van der Waals surface area contributed by atoms with E-state index in [-0.39, 0.29) is 24.5 Å². The Bertz CT molecular complexity index is 813. The molecule has 1 heterocycles. The number of aryl methyl sites for hydroxylation is 1. The number of fused-ring (bicyclic) bond motifs is 1. The monoisotopic (exact) mass is 348 g/mol. The van der Waals surface area contributed by atoms with Crippen molar-refractivity contribution < 1.29 is 9.90 Å². The summed E-state index contributed by atoms with van der Waals surface area (Å²) in [7, 11) is 0. The Morgan fingerprint density at radius 1 is 1.12 bits per heavy atom. The highest BCUT2D eigenvalue weighted by Gasteiger charge is 2.21. The fraction of sp³-hybridized carbons (Fsp3) is 0.318. The average molecular weight is 348 g/mol. The molecular weight excluding hydrogens is 324 g/mol. The van der Waals surface area contributed by atoms with Crippen molar-refractivity contribution in [2.24, 2.45) is 5.92 Å². The van der Waals surface area contributed by atoms with Gasteiger partial charge in [0.2, 0.25) is 0 Å². The Balaban J connectivity index is 1.46. The molecule has 1 amide bonds. The maximum atomic E-state index is 12.5. The van der Waals surface area contributed by atoms with E-state index in [2.05, 4.69) is 34.5 Å². The molecule has 2 N–H and O–H groups in total. The molecule has 4 heteroatoms. The SMILES string of the molecule is O=C(N[C@@H]1C=C[C@H](CO)C1)c1ccc(N2CCCc3ccccc32)cc1. The second-order valence-corrected chi connectivity index (χ2v) is 7.07. The summed E-state index contributed by atoms with van der Waals surface area (Å²) < 4.78 is 0. The highest BCUT2D eigenvalue weighted by atomic mass is 16.3. The summed E-state index contributed by atoms with van der Waals surface area (Å²) in [5.74, 6) is 0.0886. The molecule has 0 spiro atoms. The standard InChI is InChI=1S/C22H24N2O2/c25-15-16-7-10-19(14-16)23-22(26)18-8-11-20(12-9-18)24-13-3-5-17-4-1-2-6-21(17)24/h1-2,4,6-12,16,19,25H,3,5,13-15H2,(H,23,26)/t16-,19+/m0/s1. The van der Waals surface area contributed by atoms with Gasteiger partial charge in [-0.25, -0.2) is 0 Å². The molecule has 2 aromatic rings. The molecule has 0 saturated carbocycles. The Labute approximate surface area is 154 Å². The number of amides is 1. The molecule has 26 heavy (non-hydrogen) atoms. The van der Waals surface area contributed by atoms with Crippen LogP contribution in [0.3, 0.4) is 0 Å². The van der Waals surface area contributed by atoms with Crippen LogP contribution >= 0.6 is 0 Å². The summed E-state index contributed by atoms with van der Waals surface area (Å²) in [5, 5.41) is 12.2. The summed E-state index contributed by atoms with van der Waals surface area (Å²) in [6.45, 7) is 1.13. The summed E-state index contributed by atoms with van der Waals surface area (Å²) in [4.78, 5) is 14.8. The van der Waals surface area contributed by atoms with Crippen molar-refractivity contribution in [2.75, 3.05) is 18.1 Å². The van der Waals surface area contributed by atoms with Gasteiger partial charge in [0.15, 0.2) is 0 Å². The van der Waals surface area contributed by atoms with Crippen LogP contribution in [-0.2, 0) is 6.42 Å². The van der Waals surface area contributed by atoms with Crippen molar-refractivity contribution in [1.82, 2.24) is 5.32 Å². The van der Waals surface area contributed by atoms with Crippen molar-refractivity contribution in [2.45, 2.75) is 25.3 Å². The minimum absolute atomic E-state index is 0.00768. The normalized spacial score (nSPS) is 21.5. The molecule has 0 bridgehead atoms. The quantitative estimate of drug-likeness (QED) is 0.832. The maximum absolute atomic E-state index is 12.5. The minimum atomic E-state index is -0.0659. The van der Waals surface area contributed by atoms with Gasteiger partial charge in [0.05, 0.1) is 0 Å². The van der Waals surface area contributed by atoms with E-state index in [9.17, 15) is 9.90 Å². The van der Waals surface area contributed by atoms with E-state index < -0.39 is 0 Å². The van der Waals surface area contributed by atoms with E-state index in [4.69, 9.17) is 0 Å². The van der Waals surface area contributed by atoms with Gasteiger partial charge in [0.25, 0.3) is 5.91 Å². The van der Waals surface area contributed by atoms with Crippen molar-refractivity contribution >= 4 is 17.3 Å². The average Bonchev–Trinajstić information content (AvgIpc) is 3.15. The van der Waals surface area contributed by atoms with Gasteiger partial charge in [-0.2, -0.15) is 0 Å². The first-order valence-corrected chi connectivity index (χ1v) is 9.30. The van der Waals surface area contributed by atoms with Crippen LogP contribution in [0.2, 0.25) is 0 Å². The van der Waals surface area contributed by atoms with E-state index >= 15 is 0 Å². The molecule has 2 atom stereocenters. The van der Waals surface area contributed by atoms with Gasteiger partial charge in [-0.1, -0.05) is 30.4 Å². The third-order valence-corrected chi connectivity index (χ3v) is 5.27. The third-order valence-electron chi connectivity index (χ3n) is 5.27. The number of aliphatic hydroxyl groups excluding tert-OH is 1. The molecule has 134 valence electrons. The van der Waals surface area contributed by atoms with Gasteiger partial charge < -0.3 is 15.3 Å².